The van der Waals surface area contributed by atoms with Crippen LogP contribution >= 0.6 is 28.3 Å². The molecule has 1 aromatic rings. The first kappa shape index (κ1) is 16.4. The lowest BCUT2D eigenvalue weighted by molar-refractivity contribution is -0.119. The van der Waals surface area contributed by atoms with Crippen molar-refractivity contribution in [2.45, 2.75) is 26.8 Å². The quantitative estimate of drug-likeness (QED) is 0.899. The van der Waals surface area contributed by atoms with Crippen LogP contribution in [0, 0.1) is 12.8 Å². The predicted molar refractivity (Wildman–Crippen MR) is 77.6 cm³/mol. The first-order valence-corrected chi connectivity index (χ1v) is 6.04. The maximum atomic E-state index is 11.8. The van der Waals surface area contributed by atoms with E-state index < -0.39 is 0 Å². The van der Waals surface area contributed by atoms with Crippen LogP contribution in [0.25, 0.3) is 0 Å². The first-order chi connectivity index (χ1) is 7.43. The normalized spacial score (nSPS) is 13.5. The second-order valence-corrected chi connectivity index (χ2v) is 4.90. The van der Waals surface area contributed by atoms with E-state index in [-0.39, 0.29) is 30.3 Å². The van der Waals surface area contributed by atoms with Crippen LogP contribution in [0.4, 0.5) is 5.69 Å². The molecule has 0 spiro atoms. The number of benzene rings is 1. The van der Waals surface area contributed by atoms with Crippen LogP contribution in [-0.2, 0) is 4.79 Å². The zero-order chi connectivity index (χ0) is 12.3. The van der Waals surface area contributed by atoms with Crippen molar-refractivity contribution >= 4 is 39.9 Å². The second kappa shape index (κ2) is 6.99. The highest BCUT2D eigenvalue weighted by Gasteiger charge is 2.17. The van der Waals surface area contributed by atoms with Crippen molar-refractivity contribution in [2.24, 2.45) is 11.7 Å². The third-order valence-corrected chi connectivity index (χ3v) is 3.59. The summed E-state index contributed by atoms with van der Waals surface area (Å²) in [6.45, 7) is 5.61. The summed E-state index contributed by atoms with van der Waals surface area (Å²) in [6.07, 6.45) is 0. The van der Waals surface area contributed by atoms with E-state index in [1.807, 2.05) is 39.0 Å². The number of carbonyl (C=O) groups excluding carboxylic acids is 1. The van der Waals surface area contributed by atoms with Crippen molar-refractivity contribution in [3.05, 3.63) is 28.2 Å². The van der Waals surface area contributed by atoms with Crippen molar-refractivity contribution in [1.29, 1.82) is 0 Å². The molecule has 1 amide bonds. The fourth-order valence-electron chi connectivity index (χ4n) is 1.23. The van der Waals surface area contributed by atoms with Crippen LogP contribution in [0.5, 0.6) is 0 Å². The molecule has 2 atom stereocenters. The van der Waals surface area contributed by atoms with Gasteiger partial charge in [0.1, 0.15) is 0 Å². The number of anilines is 1. The SMILES string of the molecule is Cc1c(Br)cccc1NC(=O)C(C)C(C)N.Cl. The van der Waals surface area contributed by atoms with Crippen LogP contribution in [0.2, 0.25) is 0 Å². The summed E-state index contributed by atoms with van der Waals surface area (Å²) in [5.41, 5.74) is 7.54. The molecule has 0 aromatic heterocycles. The number of hydrogen-bond acceptors (Lipinski definition) is 2. The molecule has 5 heteroatoms. The summed E-state index contributed by atoms with van der Waals surface area (Å²) < 4.78 is 0.985. The molecule has 3 N–H and O–H groups in total. The predicted octanol–water partition coefficient (Wildman–Crippen LogP) is 3.10. The van der Waals surface area contributed by atoms with Gasteiger partial charge in [0.25, 0.3) is 0 Å². The first-order valence-electron chi connectivity index (χ1n) is 5.25. The Morgan fingerprint density at radius 1 is 1.41 bits per heavy atom. The lowest BCUT2D eigenvalue weighted by Crippen LogP contribution is -2.34. The number of halogens is 2. The maximum Gasteiger partial charge on any atom is 0.228 e. The summed E-state index contributed by atoms with van der Waals surface area (Å²) in [5, 5.41) is 2.88. The zero-order valence-electron chi connectivity index (χ0n) is 10.2. The van der Waals surface area contributed by atoms with Gasteiger partial charge in [-0.2, -0.15) is 0 Å². The number of rotatable bonds is 3. The maximum absolute atomic E-state index is 11.8. The van der Waals surface area contributed by atoms with Gasteiger partial charge < -0.3 is 11.1 Å². The average molecular weight is 322 g/mol. The minimum Gasteiger partial charge on any atom is -0.327 e. The number of nitrogens with two attached hydrogens (primary N) is 1. The molecule has 3 nitrogen and oxygen atoms in total. The standard InChI is InChI=1S/C12H17BrN2O.ClH/c1-7(9(3)14)12(16)15-11-6-4-5-10(13)8(11)2;/h4-7,9H,14H2,1-3H3,(H,15,16);1H. The van der Waals surface area contributed by atoms with Crippen LogP contribution in [-0.4, -0.2) is 11.9 Å². The molecule has 0 bridgehead atoms. The van der Waals surface area contributed by atoms with Crippen LogP contribution in [0.1, 0.15) is 19.4 Å². The minimum atomic E-state index is -0.196. The number of nitrogens with one attached hydrogen (secondary N) is 1. The van der Waals surface area contributed by atoms with Crippen molar-refractivity contribution in [3.8, 4) is 0 Å². The zero-order valence-corrected chi connectivity index (χ0v) is 12.6. The number of amides is 1. The summed E-state index contributed by atoms with van der Waals surface area (Å²) in [5.74, 6) is -0.241. The molecule has 0 radical (unpaired) electrons. The van der Waals surface area contributed by atoms with E-state index in [9.17, 15) is 4.79 Å². The van der Waals surface area contributed by atoms with Crippen molar-refractivity contribution in [1.82, 2.24) is 0 Å². The molecule has 0 saturated heterocycles. The summed E-state index contributed by atoms with van der Waals surface area (Å²) in [4.78, 5) is 11.8. The lowest BCUT2D eigenvalue weighted by atomic mass is 10.0. The Balaban J connectivity index is 0.00000256. The number of hydrogen-bond donors (Lipinski definition) is 2. The molecule has 0 aliphatic carbocycles. The molecule has 0 saturated carbocycles. The van der Waals surface area contributed by atoms with Gasteiger partial charge >= 0.3 is 0 Å². The summed E-state index contributed by atoms with van der Waals surface area (Å²) in [6, 6.07) is 5.57. The Morgan fingerprint density at radius 3 is 2.53 bits per heavy atom. The Kier molecular flexibility index (Phi) is 6.75. The monoisotopic (exact) mass is 320 g/mol. The Bertz CT molecular complexity index is 396. The summed E-state index contributed by atoms with van der Waals surface area (Å²) in [7, 11) is 0. The Labute approximate surface area is 117 Å². The highest BCUT2D eigenvalue weighted by atomic mass is 79.9. The molecule has 1 rings (SSSR count). The van der Waals surface area contributed by atoms with Gasteiger partial charge in [0.15, 0.2) is 0 Å². The number of carbonyl (C=O) groups is 1. The van der Waals surface area contributed by atoms with Gasteiger partial charge in [-0.15, -0.1) is 12.4 Å². The molecule has 0 aliphatic heterocycles. The average Bonchev–Trinajstić information content (AvgIpc) is 2.23. The van der Waals surface area contributed by atoms with Gasteiger partial charge in [0, 0.05) is 16.2 Å². The highest BCUT2D eigenvalue weighted by molar-refractivity contribution is 9.10. The minimum absolute atomic E-state index is 0. The van der Waals surface area contributed by atoms with Gasteiger partial charge in [-0.1, -0.05) is 28.9 Å². The topological polar surface area (TPSA) is 55.1 Å². The summed E-state index contributed by atoms with van der Waals surface area (Å²) >= 11 is 3.43. The molecule has 0 aliphatic rings. The fraction of sp³-hybridized carbons (Fsp3) is 0.417. The molecule has 17 heavy (non-hydrogen) atoms. The largest absolute Gasteiger partial charge is 0.327 e. The molecular formula is C12H18BrClN2O. The highest BCUT2D eigenvalue weighted by Crippen LogP contribution is 2.23. The molecule has 0 fully saturated rings. The van der Waals surface area contributed by atoms with E-state index in [1.165, 1.54) is 0 Å². The van der Waals surface area contributed by atoms with E-state index in [0.29, 0.717) is 0 Å². The van der Waals surface area contributed by atoms with Crippen molar-refractivity contribution in [2.75, 3.05) is 5.32 Å². The van der Waals surface area contributed by atoms with Crippen LogP contribution in [0.3, 0.4) is 0 Å². The van der Waals surface area contributed by atoms with Gasteiger partial charge in [0.2, 0.25) is 5.91 Å². The molecule has 2 unspecified atom stereocenters. The van der Waals surface area contributed by atoms with E-state index in [2.05, 4.69) is 21.2 Å². The van der Waals surface area contributed by atoms with Crippen LogP contribution < -0.4 is 11.1 Å². The van der Waals surface area contributed by atoms with Gasteiger partial charge in [-0.05, 0) is 31.5 Å². The van der Waals surface area contributed by atoms with E-state index in [1.54, 1.807) is 0 Å². The van der Waals surface area contributed by atoms with Gasteiger partial charge in [-0.25, -0.2) is 0 Å². The lowest BCUT2D eigenvalue weighted by Gasteiger charge is -2.16. The van der Waals surface area contributed by atoms with Crippen LogP contribution in [0.15, 0.2) is 22.7 Å². The Morgan fingerprint density at radius 2 is 2.00 bits per heavy atom. The van der Waals surface area contributed by atoms with E-state index >= 15 is 0 Å². The third kappa shape index (κ3) is 4.30. The van der Waals surface area contributed by atoms with E-state index in [0.717, 1.165) is 15.7 Å². The molecule has 96 valence electrons. The smallest absolute Gasteiger partial charge is 0.228 e. The second-order valence-electron chi connectivity index (χ2n) is 4.05. The van der Waals surface area contributed by atoms with E-state index in [4.69, 9.17) is 5.73 Å². The van der Waals surface area contributed by atoms with Crippen molar-refractivity contribution < 1.29 is 4.79 Å². The fourth-order valence-corrected chi connectivity index (χ4v) is 1.59. The Hall–Kier alpha value is -0.580. The molecule has 1 aromatic carbocycles. The van der Waals surface area contributed by atoms with Gasteiger partial charge in [-0.3, -0.25) is 4.79 Å². The molecular weight excluding hydrogens is 304 g/mol. The van der Waals surface area contributed by atoms with Gasteiger partial charge in [0.05, 0.1) is 5.92 Å². The molecule has 0 heterocycles. The van der Waals surface area contributed by atoms with Crippen molar-refractivity contribution in [3.63, 3.8) is 0 Å². The third-order valence-electron chi connectivity index (χ3n) is 2.73.